The summed E-state index contributed by atoms with van der Waals surface area (Å²) in [7, 11) is 0. The summed E-state index contributed by atoms with van der Waals surface area (Å²) in [4.78, 5) is 15.9. The molecule has 5 heteroatoms. The molecule has 1 radical (unpaired) electrons. The van der Waals surface area contributed by atoms with E-state index in [1.807, 2.05) is 41.8 Å². The van der Waals surface area contributed by atoms with Crippen molar-refractivity contribution in [3.63, 3.8) is 0 Å². The van der Waals surface area contributed by atoms with Crippen LogP contribution in [0.25, 0.3) is 31.8 Å². The van der Waals surface area contributed by atoms with Crippen molar-refractivity contribution in [2.45, 2.75) is 20.8 Å². The van der Waals surface area contributed by atoms with Gasteiger partial charge in [-0.05, 0) is 43.0 Å². The average Bonchev–Trinajstić information content (AvgIpc) is 3.05. The van der Waals surface area contributed by atoms with E-state index in [4.69, 9.17) is 5.11 Å². The van der Waals surface area contributed by atoms with Gasteiger partial charge in [0.25, 0.3) is 0 Å². The number of aryl methyl sites for hydroxylation is 1. The van der Waals surface area contributed by atoms with Gasteiger partial charge in [0.2, 0.25) is 0 Å². The van der Waals surface area contributed by atoms with Crippen LogP contribution in [0.15, 0.2) is 78.7 Å². The molecular formula is C25H22IrNO2S-. The molecule has 0 amide bonds. The predicted octanol–water partition coefficient (Wildman–Crippen LogP) is 6.77. The Labute approximate surface area is 194 Å². The summed E-state index contributed by atoms with van der Waals surface area (Å²) in [6, 6.07) is 24.0. The number of hydrogen-bond acceptors (Lipinski definition) is 4. The number of fused-ring (bicyclic) bond motifs is 1. The molecule has 0 fully saturated rings. The summed E-state index contributed by atoms with van der Waals surface area (Å²) in [5, 5.41) is 9.65. The van der Waals surface area contributed by atoms with Crippen molar-refractivity contribution in [2.24, 2.45) is 0 Å². The van der Waals surface area contributed by atoms with Crippen molar-refractivity contribution >= 4 is 27.2 Å². The quantitative estimate of drug-likeness (QED) is 0.162. The Bertz CT molecular complexity index is 1150. The minimum Gasteiger partial charge on any atom is -0.512 e. The van der Waals surface area contributed by atoms with Crippen LogP contribution >= 0.6 is 11.3 Å². The Morgan fingerprint density at radius 3 is 2.37 bits per heavy atom. The number of allylic oxidation sites excluding steroid dienone is 2. The summed E-state index contributed by atoms with van der Waals surface area (Å²) in [6.45, 7) is 5.04. The topological polar surface area (TPSA) is 50.2 Å². The van der Waals surface area contributed by atoms with Gasteiger partial charge in [-0.15, -0.1) is 47.2 Å². The van der Waals surface area contributed by atoms with Gasteiger partial charge in [0.05, 0.1) is 10.5 Å². The molecule has 3 nitrogen and oxygen atoms in total. The first-order valence-electron chi connectivity index (χ1n) is 9.25. The summed E-state index contributed by atoms with van der Waals surface area (Å²) in [6.07, 6.45) is 3.15. The van der Waals surface area contributed by atoms with Crippen molar-refractivity contribution in [1.82, 2.24) is 4.98 Å². The van der Waals surface area contributed by atoms with E-state index in [9.17, 15) is 4.79 Å². The minimum atomic E-state index is -0.125. The monoisotopic (exact) mass is 593 g/mol. The first kappa shape index (κ1) is 23.7. The molecule has 0 bridgehead atoms. The SMILES string of the molecule is CC(=O)/C=C(/C)O.Cc1c(-c2ccccc2)sc2cnc(-c3[c-]cccc3)cc12.[Ir]. The number of carbonyl (C=O) groups excluding carboxylic acids is 1. The van der Waals surface area contributed by atoms with Gasteiger partial charge in [-0.3, -0.25) is 4.79 Å². The molecule has 0 aliphatic carbocycles. The van der Waals surface area contributed by atoms with Crippen LogP contribution in [0.2, 0.25) is 0 Å². The van der Waals surface area contributed by atoms with Gasteiger partial charge >= 0.3 is 0 Å². The number of rotatable bonds is 3. The summed E-state index contributed by atoms with van der Waals surface area (Å²) in [5.41, 5.74) is 4.62. The van der Waals surface area contributed by atoms with Gasteiger partial charge in [-0.2, -0.15) is 0 Å². The van der Waals surface area contributed by atoms with Gasteiger partial charge < -0.3 is 10.1 Å². The fourth-order valence-electron chi connectivity index (χ4n) is 2.99. The number of aliphatic hydroxyl groups excluding tert-OH is 1. The first-order valence-corrected chi connectivity index (χ1v) is 10.1. The van der Waals surface area contributed by atoms with Crippen LogP contribution in [0.4, 0.5) is 0 Å². The largest absolute Gasteiger partial charge is 0.512 e. The number of aromatic nitrogens is 1. The molecule has 0 saturated carbocycles. The second-order valence-corrected chi connectivity index (χ2v) is 7.71. The van der Waals surface area contributed by atoms with Crippen molar-refractivity contribution in [2.75, 3.05) is 0 Å². The molecule has 30 heavy (non-hydrogen) atoms. The summed E-state index contributed by atoms with van der Waals surface area (Å²) < 4.78 is 1.23. The molecule has 0 spiro atoms. The van der Waals surface area contributed by atoms with E-state index in [-0.39, 0.29) is 31.6 Å². The van der Waals surface area contributed by atoms with Gasteiger partial charge in [-0.25, -0.2) is 0 Å². The van der Waals surface area contributed by atoms with E-state index in [2.05, 4.69) is 54.4 Å². The van der Waals surface area contributed by atoms with Crippen LogP contribution in [0.5, 0.6) is 0 Å². The molecule has 0 aliphatic rings. The zero-order valence-corrected chi connectivity index (χ0v) is 20.2. The van der Waals surface area contributed by atoms with E-state index in [0.29, 0.717) is 0 Å². The molecule has 1 N–H and O–H groups in total. The zero-order valence-electron chi connectivity index (χ0n) is 17.0. The van der Waals surface area contributed by atoms with Gasteiger partial charge in [0.15, 0.2) is 5.78 Å². The number of pyridine rings is 1. The molecular weight excluding hydrogens is 571 g/mol. The van der Waals surface area contributed by atoms with Crippen LogP contribution in [-0.4, -0.2) is 15.9 Å². The average molecular weight is 593 g/mol. The van der Waals surface area contributed by atoms with Crippen molar-refractivity contribution in [3.8, 4) is 21.7 Å². The molecule has 2 aromatic heterocycles. The van der Waals surface area contributed by atoms with E-state index in [0.717, 1.165) is 11.3 Å². The van der Waals surface area contributed by atoms with Crippen LogP contribution in [0.1, 0.15) is 19.4 Å². The Kier molecular flexibility index (Phi) is 8.67. The van der Waals surface area contributed by atoms with Gasteiger partial charge in [-0.1, -0.05) is 36.4 Å². The maximum atomic E-state index is 10.0. The fraction of sp³-hybridized carbons (Fsp3) is 0.120. The number of nitrogens with zero attached hydrogens (tertiary/aromatic N) is 1. The number of carbonyl (C=O) groups is 1. The van der Waals surface area contributed by atoms with E-state index >= 15 is 0 Å². The third-order valence-electron chi connectivity index (χ3n) is 4.26. The Morgan fingerprint density at radius 1 is 1.10 bits per heavy atom. The van der Waals surface area contributed by atoms with Crippen molar-refractivity contribution in [1.29, 1.82) is 0 Å². The number of hydrogen-bond donors (Lipinski definition) is 1. The Hall–Kier alpha value is -2.59. The van der Waals surface area contributed by atoms with E-state index < -0.39 is 0 Å². The Balaban J connectivity index is 0.000000350. The third-order valence-corrected chi connectivity index (χ3v) is 5.55. The van der Waals surface area contributed by atoms with Gasteiger partial charge in [0.1, 0.15) is 0 Å². The van der Waals surface area contributed by atoms with Gasteiger partial charge in [0, 0.05) is 37.3 Å². The molecule has 0 unspecified atom stereocenters. The summed E-state index contributed by atoms with van der Waals surface area (Å²) in [5.74, 6) is -0.0625. The smallest absolute Gasteiger partial charge is 0.155 e. The van der Waals surface area contributed by atoms with E-state index in [1.54, 1.807) is 0 Å². The number of aliphatic hydroxyl groups is 1. The predicted molar refractivity (Wildman–Crippen MR) is 121 cm³/mol. The number of ketones is 1. The van der Waals surface area contributed by atoms with Crippen LogP contribution < -0.4 is 0 Å². The molecule has 2 aromatic carbocycles. The third kappa shape index (κ3) is 5.96. The number of benzene rings is 2. The standard InChI is InChI=1S/C20H14NS.C5H8O2.Ir/c1-14-17-12-18(15-8-4-2-5-9-15)21-13-19(17)22-20(14)16-10-6-3-7-11-16;1-4(6)3-5(2)7;/h2-8,10-13H,1H3;3,6H,1-2H3;/q-1;;/b;4-3-;. The van der Waals surface area contributed by atoms with Crippen LogP contribution in [-0.2, 0) is 24.9 Å². The number of thiophene rings is 1. The zero-order chi connectivity index (χ0) is 20.8. The van der Waals surface area contributed by atoms with Crippen LogP contribution in [0, 0.1) is 13.0 Å². The maximum Gasteiger partial charge on any atom is 0.155 e. The van der Waals surface area contributed by atoms with Crippen molar-refractivity contribution < 1.29 is 30.0 Å². The fourth-order valence-corrected chi connectivity index (χ4v) is 4.15. The van der Waals surface area contributed by atoms with E-state index in [1.165, 1.54) is 46.0 Å². The second kappa shape index (κ2) is 11.0. The molecule has 0 atom stereocenters. The molecule has 0 aliphatic heterocycles. The second-order valence-electron chi connectivity index (χ2n) is 6.66. The minimum absolute atomic E-state index is 0. The molecule has 4 rings (SSSR count). The Morgan fingerprint density at radius 2 is 1.80 bits per heavy atom. The molecule has 0 saturated heterocycles. The molecule has 2 heterocycles. The molecule has 4 aromatic rings. The summed E-state index contributed by atoms with van der Waals surface area (Å²) >= 11 is 1.81. The molecule has 155 valence electrons. The first-order chi connectivity index (χ1) is 14.0. The van der Waals surface area contributed by atoms with Crippen LogP contribution in [0.3, 0.4) is 0 Å². The van der Waals surface area contributed by atoms with Crippen molar-refractivity contribution in [3.05, 3.63) is 90.3 Å². The normalized spacial score (nSPS) is 10.7. The maximum absolute atomic E-state index is 10.0.